The molecule has 0 spiro atoms. The summed E-state index contributed by atoms with van der Waals surface area (Å²) in [5.74, 6) is 0. The Morgan fingerprint density at radius 1 is 1.35 bits per heavy atom. The van der Waals surface area contributed by atoms with Crippen molar-refractivity contribution in [1.82, 2.24) is 0 Å². The minimum atomic E-state index is -4.21. The Bertz CT molecular complexity index is 617. The van der Waals surface area contributed by atoms with E-state index in [-0.39, 0.29) is 4.90 Å². The first-order valence-corrected chi connectivity index (χ1v) is 6.53. The van der Waals surface area contributed by atoms with E-state index in [1.807, 2.05) is 6.92 Å². The molecule has 0 radical (unpaired) electrons. The summed E-state index contributed by atoms with van der Waals surface area (Å²) in [6, 6.07) is 6.37. The van der Waals surface area contributed by atoms with E-state index in [1.165, 1.54) is 17.1 Å². The van der Waals surface area contributed by atoms with E-state index in [2.05, 4.69) is 0 Å². The number of rotatable bonds is 3. The molecular formula is C11H12NO4S+. The molecule has 0 fully saturated rings. The molecule has 1 N–H and O–H groups in total. The van der Waals surface area contributed by atoms with Gasteiger partial charge in [-0.15, -0.1) is 0 Å². The molecule has 0 aliphatic carbocycles. The van der Waals surface area contributed by atoms with Gasteiger partial charge in [-0.25, -0.2) is 4.52 Å². The van der Waals surface area contributed by atoms with Gasteiger partial charge in [0, 0.05) is 22.4 Å². The standard InChI is InChI=1S/C11H11NO4S/c1-2-9-10(12-7-4-8-16-12)5-3-6-11(9)17(13,14)15/h3-8H,2H2,1H3/p+1. The molecule has 1 aromatic heterocycles. The van der Waals surface area contributed by atoms with Crippen LogP contribution in [0.2, 0.25) is 0 Å². The molecule has 0 saturated heterocycles. The van der Waals surface area contributed by atoms with E-state index in [1.54, 1.807) is 24.4 Å². The number of nitrogens with zero attached hydrogens (tertiary/aromatic N) is 1. The molecule has 5 nitrogen and oxygen atoms in total. The summed E-state index contributed by atoms with van der Waals surface area (Å²) in [4.78, 5) is -0.0820. The predicted molar refractivity (Wildman–Crippen MR) is 59.4 cm³/mol. The van der Waals surface area contributed by atoms with Gasteiger partial charge in [0.15, 0.2) is 6.26 Å². The van der Waals surface area contributed by atoms with Crippen molar-refractivity contribution in [3.63, 3.8) is 0 Å². The van der Waals surface area contributed by atoms with Gasteiger partial charge in [-0.3, -0.25) is 4.55 Å². The molecule has 1 heterocycles. The number of benzene rings is 1. The molecule has 0 amide bonds. The maximum Gasteiger partial charge on any atom is 0.295 e. The van der Waals surface area contributed by atoms with Crippen molar-refractivity contribution in [2.45, 2.75) is 18.2 Å². The SMILES string of the molecule is CCc1c(-[n+]2ccco2)cccc1S(=O)(=O)O. The molecule has 0 unspecified atom stereocenters. The largest absolute Gasteiger partial charge is 0.295 e. The molecule has 2 rings (SSSR count). The Morgan fingerprint density at radius 3 is 2.65 bits per heavy atom. The highest BCUT2D eigenvalue weighted by Gasteiger charge is 2.23. The lowest BCUT2D eigenvalue weighted by Gasteiger charge is -2.04. The average Bonchev–Trinajstić information content (AvgIpc) is 2.80. The fourth-order valence-corrected chi connectivity index (χ4v) is 2.55. The highest BCUT2D eigenvalue weighted by Crippen LogP contribution is 2.20. The highest BCUT2D eigenvalue weighted by molar-refractivity contribution is 7.85. The van der Waals surface area contributed by atoms with Crippen LogP contribution in [0.5, 0.6) is 0 Å². The zero-order valence-corrected chi connectivity index (χ0v) is 10.0. The lowest BCUT2D eigenvalue weighted by atomic mass is 10.1. The zero-order chi connectivity index (χ0) is 12.5. The second kappa shape index (κ2) is 4.31. The summed E-state index contributed by atoms with van der Waals surface area (Å²) < 4.78 is 38.3. The van der Waals surface area contributed by atoms with Crippen LogP contribution in [0.1, 0.15) is 12.5 Å². The summed E-state index contributed by atoms with van der Waals surface area (Å²) in [5.41, 5.74) is 1.13. The van der Waals surface area contributed by atoms with Crippen LogP contribution >= 0.6 is 0 Å². The van der Waals surface area contributed by atoms with Crippen molar-refractivity contribution < 1.29 is 22.2 Å². The summed E-state index contributed by atoms with van der Waals surface area (Å²) in [6.07, 6.45) is 3.63. The van der Waals surface area contributed by atoms with Crippen molar-refractivity contribution in [2.75, 3.05) is 0 Å². The molecule has 0 bridgehead atoms. The second-order valence-corrected chi connectivity index (χ2v) is 4.88. The smallest absolute Gasteiger partial charge is 0.282 e. The van der Waals surface area contributed by atoms with E-state index in [0.717, 1.165) is 0 Å². The fourth-order valence-electron chi connectivity index (χ4n) is 1.74. The van der Waals surface area contributed by atoms with Gasteiger partial charge in [0.05, 0.1) is 0 Å². The van der Waals surface area contributed by atoms with Crippen LogP contribution in [0.3, 0.4) is 0 Å². The third-order valence-corrected chi connectivity index (χ3v) is 3.39. The lowest BCUT2D eigenvalue weighted by Crippen LogP contribution is -2.29. The molecule has 0 aliphatic rings. The molecule has 0 aliphatic heterocycles. The number of aromatic nitrogens is 1. The Labute approximate surface area is 99.0 Å². The molecule has 90 valence electrons. The third-order valence-electron chi connectivity index (χ3n) is 2.45. The van der Waals surface area contributed by atoms with Gasteiger partial charge in [0.25, 0.3) is 15.8 Å². The van der Waals surface area contributed by atoms with Crippen LogP contribution in [-0.2, 0) is 16.5 Å². The average molecular weight is 254 g/mol. The Kier molecular flexibility index (Phi) is 2.99. The first-order chi connectivity index (χ1) is 8.04. The van der Waals surface area contributed by atoms with Crippen LogP contribution in [0.4, 0.5) is 0 Å². The van der Waals surface area contributed by atoms with Crippen molar-refractivity contribution in [3.05, 3.63) is 42.3 Å². The summed E-state index contributed by atoms with van der Waals surface area (Å²) in [5, 5.41) is 0. The molecule has 6 heteroatoms. The molecule has 0 atom stereocenters. The van der Waals surface area contributed by atoms with Gasteiger partial charge in [-0.1, -0.05) is 13.0 Å². The van der Waals surface area contributed by atoms with Crippen molar-refractivity contribution in [1.29, 1.82) is 0 Å². The molecule has 0 saturated carbocycles. The first kappa shape index (κ1) is 11.8. The predicted octanol–water partition coefficient (Wildman–Crippen LogP) is 1.37. The summed E-state index contributed by atoms with van der Waals surface area (Å²) in [6.45, 7) is 1.82. The Balaban J connectivity index is 2.71. The topological polar surface area (TPSA) is 71.4 Å². The zero-order valence-electron chi connectivity index (χ0n) is 9.20. The Hall–Kier alpha value is -1.66. The van der Waals surface area contributed by atoms with E-state index in [9.17, 15) is 8.42 Å². The molecule has 17 heavy (non-hydrogen) atoms. The molecule has 1 aromatic carbocycles. The van der Waals surface area contributed by atoms with E-state index in [0.29, 0.717) is 17.7 Å². The maximum atomic E-state index is 11.3. The van der Waals surface area contributed by atoms with Gasteiger partial charge >= 0.3 is 0 Å². The lowest BCUT2D eigenvalue weighted by molar-refractivity contribution is -0.784. The van der Waals surface area contributed by atoms with Gasteiger partial charge < -0.3 is 0 Å². The normalized spacial score (nSPS) is 11.6. The molecule has 2 aromatic rings. The Morgan fingerprint density at radius 2 is 2.12 bits per heavy atom. The highest BCUT2D eigenvalue weighted by atomic mass is 32.2. The second-order valence-electron chi connectivity index (χ2n) is 3.49. The van der Waals surface area contributed by atoms with Crippen molar-refractivity contribution in [3.8, 4) is 5.69 Å². The maximum absolute atomic E-state index is 11.3. The minimum Gasteiger partial charge on any atom is -0.282 e. The quantitative estimate of drug-likeness (QED) is 0.663. The number of hydrogen-bond acceptors (Lipinski definition) is 3. The fraction of sp³-hybridized carbons (Fsp3) is 0.182. The van der Waals surface area contributed by atoms with Gasteiger partial charge in [0.2, 0.25) is 6.20 Å². The van der Waals surface area contributed by atoms with Gasteiger partial charge in [-0.05, 0) is 12.5 Å². The van der Waals surface area contributed by atoms with Crippen LogP contribution in [-0.4, -0.2) is 13.0 Å². The van der Waals surface area contributed by atoms with Crippen molar-refractivity contribution >= 4 is 10.1 Å². The van der Waals surface area contributed by atoms with Crippen LogP contribution in [0, 0.1) is 0 Å². The van der Waals surface area contributed by atoms with Crippen molar-refractivity contribution in [2.24, 2.45) is 0 Å². The van der Waals surface area contributed by atoms with Crippen LogP contribution < -0.4 is 4.74 Å². The monoisotopic (exact) mass is 254 g/mol. The van der Waals surface area contributed by atoms with Crippen LogP contribution in [0.15, 0.2) is 46.1 Å². The van der Waals surface area contributed by atoms with E-state index >= 15 is 0 Å². The van der Waals surface area contributed by atoms with Gasteiger partial charge in [-0.2, -0.15) is 8.42 Å². The van der Waals surface area contributed by atoms with Crippen LogP contribution in [0.25, 0.3) is 5.69 Å². The van der Waals surface area contributed by atoms with E-state index < -0.39 is 10.1 Å². The third kappa shape index (κ3) is 2.22. The number of hydrogen-bond donors (Lipinski definition) is 1. The first-order valence-electron chi connectivity index (χ1n) is 5.09. The molecular weight excluding hydrogens is 242 g/mol. The van der Waals surface area contributed by atoms with E-state index in [4.69, 9.17) is 9.08 Å². The summed E-state index contributed by atoms with van der Waals surface area (Å²) >= 11 is 0. The summed E-state index contributed by atoms with van der Waals surface area (Å²) in [7, 11) is -4.21. The minimum absolute atomic E-state index is 0.0820. The van der Waals surface area contributed by atoms with Gasteiger partial charge in [0.1, 0.15) is 4.90 Å².